The van der Waals surface area contributed by atoms with Crippen LogP contribution < -0.4 is 5.56 Å². The molecule has 6 rings (SSSR count). The molecule has 2 aliphatic heterocycles. The number of fused-ring (bicyclic) bond motifs is 4. The van der Waals surface area contributed by atoms with Crippen molar-refractivity contribution in [3.05, 3.63) is 86.0 Å². The normalized spacial score (nSPS) is 16.7. The van der Waals surface area contributed by atoms with Crippen molar-refractivity contribution >= 4 is 45.1 Å². The SMILES string of the molecule is Cc1cccc(-n2c(SCCCCN3C(=O)c4ccccc4C3=O)nc3sc4c(c3c2=O)C[C@@H](C(C)C)OC4)c1. The van der Waals surface area contributed by atoms with Crippen molar-refractivity contribution in [2.75, 3.05) is 12.3 Å². The third-order valence-electron chi connectivity index (χ3n) is 7.60. The Morgan fingerprint density at radius 2 is 1.80 bits per heavy atom. The number of unbranched alkanes of at least 4 members (excludes halogenated alkanes) is 1. The average Bonchev–Trinajstić information content (AvgIpc) is 3.43. The van der Waals surface area contributed by atoms with Crippen LogP contribution in [0, 0.1) is 12.8 Å². The molecule has 2 aliphatic rings. The number of nitrogens with zero attached hydrogens (tertiary/aromatic N) is 3. The van der Waals surface area contributed by atoms with E-state index in [1.165, 1.54) is 16.7 Å². The zero-order valence-corrected chi connectivity index (χ0v) is 24.4. The molecular weight excluding hydrogens is 542 g/mol. The number of imide groups is 1. The number of ether oxygens (including phenoxy) is 1. The van der Waals surface area contributed by atoms with Crippen molar-refractivity contribution in [2.45, 2.75) is 57.9 Å². The zero-order valence-electron chi connectivity index (χ0n) is 22.8. The van der Waals surface area contributed by atoms with E-state index < -0.39 is 0 Å². The van der Waals surface area contributed by atoms with Gasteiger partial charge in [0.25, 0.3) is 17.4 Å². The maximum Gasteiger partial charge on any atom is 0.267 e. The first kappa shape index (κ1) is 26.9. The van der Waals surface area contributed by atoms with Gasteiger partial charge in [-0.05, 0) is 61.1 Å². The second kappa shape index (κ2) is 11.0. The summed E-state index contributed by atoms with van der Waals surface area (Å²) in [6, 6.07) is 14.9. The van der Waals surface area contributed by atoms with E-state index in [4.69, 9.17) is 9.72 Å². The summed E-state index contributed by atoms with van der Waals surface area (Å²) in [5, 5.41) is 1.37. The summed E-state index contributed by atoms with van der Waals surface area (Å²) in [6.07, 6.45) is 2.26. The molecule has 0 spiro atoms. The predicted molar refractivity (Wildman–Crippen MR) is 159 cm³/mol. The predicted octanol–water partition coefficient (Wildman–Crippen LogP) is 6.02. The number of rotatable bonds is 8. The Bertz CT molecular complexity index is 1650. The third-order valence-corrected chi connectivity index (χ3v) is 9.72. The van der Waals surface area contributed by atoms with Crippen LogP contribution >= 0.6 is 23.1 Å². The van der Waals surface area contributed by atoms with Crippen LogP contribution in [-0.4, -0.2) is 44.7 Å². The summed E-state index contributed by atoms with van der Waals surface area (Å²) in [4.78, 5) is 47.7. The number of carbonyl (C=O) groups is 2. The summed E-state index contributed by atoms with van der Waals surface area (Å²) in [5.74, 6) is 0.625. The van der Waals surface area contributed by atoms with Crippen LogP contribution in [0.4, 0.5) is 0 Å². The topological polar surface area (TPSA) is 81.5 Å². The first-order valence-electron chi connectivity index (χ1n) is 13.7. The van der Waals surface area contributed by atoms with Crippen molar-refractivity contribution < 1.29 is 14.3 Å². The van der Waals surface area contributed by atoms with Crippen LogP contribution in [0.5, 0.6) is 0 Å². The van der Waals surface area contributed by atoms with Gasteiger partial charge in [0.2, 0.25) is 0 Å². The minimum Gasteiger partial charge on any atom is -0.372 e. The molecule has 40 heavy (non-hydrogen) atoms. The van der Waals surface area contributed by atoms with E-state index in [1.54, 1.807) is 40.2 Å². The maximum atomic E-state index is 14.1. The number of amides is 2. The van der Waals surface area contributed by atoms with Gasteiger partial charge in [-0.25, -0.2) is 4.98 Å². The van der Waals surface area contributed by atoms with E-state index in [0.29, 0.717) is 52.9 Å². The Kier molecular flexibility index (Phi) is 7.37. The van der Waals surface area contributed by atoms with E-state index >= 15 is 0 Å². The molecule has 2 amide bonds. The Labute approximate surface area is 241 Å². The smallest absolute Gasteiger partial charge is 0.267 e. The van der Waals surface area contributed by atoms with Crippen molar-refractivity contribution in [3.63, 3.8) is 0 Å². The highest BCUT2D eigenvalue weighted by molar-refractivity contribution is 7.99. The van der Waals surface area contributed by atoms with E-state index in [0.717, 1.165) is 39.4 Å². The fourth-order valence-electron chi connectivity index (χ4n) is 5.41. The van der Waals surface area contributed by atoms with Crippen molar-refractivity contribution in [1.29, 1.82) is 0 Å². The number of aromatic nitrogens is 2. The first-order valence-corrected chi connectivity index (χ1v) is 15.5. The molecule has 0 N–H and O–H groups in total. The van der Waals surface area contributed by atoms with Gasteiger partial charge in [-0.2, -0.15) is 0 Å². The van der Waals surface area contributed by atoms with Gasteiger partial charge in [0, 0.05) is 23.6 Å². The number of thiophene rings is 1. The lowest BCUT2D eigenvalue weighted by atomic mass is 9.96. The summed E-state index contributed by atoms with van der Waals surface area (Å²) in [7, 11) is 0. The lowest BCUT2D eigenvalue weighted by Crippen LogP contribution is -2.30. The van der Waals surface area contributed by atoms with E-state index in [-0.39, 0.29) is 23.5 Å². The fraction of sp³-hybridized carbons (Fsp3) is 0.355. The van der Waals surface area contributed by atoms with Crippen LogP contribution in [0.15, 0.2) is 58.5 Å². The Hall–Kier alpha value is -3.27. The van der Waals surface area contributed by atoms with Crippen LogP contribution in [0.25, 0.3) is 15.9 Å². The Morgan fingerprint density at radius 1 is 1.05 bits per heavy atom. The quantitative estimate of drug-likeness (QED) is 0.111. The number of hydrogen-bond donors (Lipinski definition) is 0. The molecule has 9 heteroatoms. The number of carbonyl (C=O) groups excluding carboxylic acids is 2. The van der Waals surface area contributed by atoms with Gasteiger partial charge in [0.15, 0.2) is 5.16 Å². The molecule has 4 heterocycles. The summed E-state index contributed by atoms with van der Waals surface area (Å²) < 4.78 is 7.83. The van der Waals surface area contributed by atoms with Crippen LogP contribution in [-0.2, 0) is 17.8 Å². The number of aryl methyl sites for hydroxylation is 1. The zero-order chi connectivity index (χ0) is 28.0. The molecule has 0 bridgehead atoms. The second-order valence-electron chi connectivity index (χ2n) is 10.7. The summed E-state index contributed by atoms with van der Waals surface area (Å²) in [6.45, 7) is 7.21. The molecule has 0 unspecified atom stereocenters. The first-order chi connectivity index (χ1) is 19.3. The van der Waals surface area contributed by atoms with Crippen LogP contribution in [0.3, 0.4) is 0 Å². The molecule has 0 saturated heterocycles. The number of benzene rings is 2. The Balaban J connectivity index is 1.24. The maximum absolute atomic E-state index is 14.1. The van der Waals surface area contributed by atoms with Gasteiger partial charge >= 0.3 is 0 Å². The highest BCUT2D eigenvalue weighted by Gasteiger charge is 2.34. The van der Waals surface area contributed by atoms with Crippen molar-refractivity contribution in [1.82, 2.24) is 14.5 Å². The molecule has 0 aliphatic carbocycles. The minimum absolute atomic E-state index is 0.0361. The monoisotopic (exact) mass is 573 g/mol. The number of thioether (sulfide) groups is 1. The minimum atomic E-state index is -0.223. The molecule has 7 nitrogen and oxygen atoms in total. The van der Waals surface area contributed by atoms with Gasteiger partial charge in [0.05, 0.1) is 34.9 Å². The summed E-state index contributed by atoms with van der Waals surface area (Å²) in [5.41, 5.74) is 3.88. The van der Waals surface area contributed by atoms with Gasteiger partial charge in [-0.15, -0.1) is 11.3 Å². The average molecular weight is 574 g/mol. The largest absolute Gasteiger partial charge is 0.372 e. The van der Waals surface area contributed by atoms with Crippen molar-refractivity contribution in [2.24, 2.45) is 5.92 Å². The summed E-state index contributed by atoms with van der Waals surface area (Å²) >= 11 is 3.10. The van der Waals surface area contributed by atoms with Gasteiger partial charge in [0.1, 0.15) is 4.83 Å². The molecule has 206 valence electrons. The van der Waals surface area contributed by atoms with Crippen LogP contribution in [0.2, 0.25) is 0 Å². The van der Waals surface area contributed by atoms with E-state index in [1.807, 2.05) is 31.2 Å². The molecule has 2 aromatic heterocycles. The van der Waals surface area contributed by atoms with Gasteiger partial charge < -0.3 is 4.74 Å². The Morgan fingerprint density at radius 3 is 2.50 bits per heavy atom. The number of hydrogen-bond acceptors (Lipinski definition) is 7. The molecule has 0 fully saturated rings. The molecule has 0 radical (unpaired) electrons. The standard InChI is InChI=1S/C31H31N3O4S2/c1-18(2)24-16-23-25(17-38-24)40-27-26(23)30(37)34(20-10-8-9-19(3)15-20)31(32-27)39-14-7-6-13-33-28(35)21-11-4-5-12-22(21)29(33)36/h4-5,8-12,15,18,24H,6-7,13-14,16-17H2,1-3H3/t24-/m0/s1. The second-order valence-corrected chi connectivity index (χ2v) is 12.9. The lowest BCUT2D eigenvalue weighted by Gasteiger charge is -2.26. The fourth-order valence-corrected chi connectivity index (χ4v) is 7.58. The molecular formula is C31H31N3O4S2. The van der Waals surface area contributed by atoms with Crippen LogP contribution in [0.1, 0.15) is 63.4 Å². The van der Waals surface area contributed by atoms with E-state index in [2.05, 4.69) is 13.8 Å². The highest BCUT2D eigenvalue weighted by Crippen LogP contribution is 2.36. The molecule has 1 atom stereocenters. The molecule has 2 aromatic carbocycles. The molecule has 4 aromatic rings. The van der Waals surface area contributed by atoms with Gasteiger partial charge in [-0.1, -0.05) is 49.9 Å². The third kappa shape index (κ3) is 4.80. The van der Waals surface area contributed by atoms with E-state index in [9.17, 15) is 14.4 Å². The van der Waals surface area contributed by atoms with Crippen molar-refractivity contribution in [3.8, 4) is 5.69 Å². The van der Waals surface area contributed by atoms with Gasteiger partial charge in [-0.3, -0.25) is 23.9 Å². The highest BCUT2D eigenvalue weighted by atomic mass is 32.2. The lowest BCUT2D eigenvalue weighted by molar-refractivity contribution is 0.00200. The molecule has 0 saturated carbocycles.